The van der Waals surface area contributed by atoms with Gasteiger partial charge in [-0.05, 0) is 31.5 Å². The Morgan fingerprint density at radius 1 is 1.38 bits per heavy atom. The lowest BCUT2D eigenvalue weighted by Crippen LogP contribution is -2.44. The molecule has 2 N–H and O–H groups in total. The smallest absolute Gasteiger partial charge is 0.222 e. The highest BCUT2D eigenvalue weighted by Crippen LogP contribution is 2.31. The van der Waals surface area contributed by atoms with E-state index in [9.17, 15) is 4.79 Å². The predicted octanol–water partition coefficient (Wildman–Crippen LogP) is 1.80. The maximum absolute atomic E-state index is 12.2. The second-order valence-corrected chi connectivity index (χ2v) is 5.23. The molecule has 2 rings (SSSR count). The van der Waals surface area contributed by atoms with Gasteiger partial charge >= 0.3 is 0 Å². The predicted molar refractivity (Wildman–Crippen MR) is 81.5 cm³/mol. The molecule has 1 atom stereocenters. The van der Waals surface area contributed by atoms with Gasteiger partial charge in [-0.1, -0.05) is 19.1 Å². The summed E-state index contributed by atoms with van der Waals surface area (Å²) in [6.07, 6.45) is 2.04. The standard InChI is InChI=1S/C16H24N2O3/c1-2-10-18(16(19)8-5-9-17)11-13-12-20-14-6-3-4-7-15(14)21-13/h3-4,6-7,13H,2,5,8-12,17H2,1H3. The number of ether oxygens (including phenoxy) is 2. The SMILES string of the molecule is CCCN(CC1COc2ccccc2O1)C(=O)CCCN. The van der Waals surface area contributed by atoms with Crippen LogP contribution in [0.3, 0.4) is 0 Å². The minimum Gasteiger partial charge on any atom is -0.486 e. The highest BCUT2D eigenvalue weighted by atomic mass is 16.6. The van der Waals surface area contributed by atoms with Gasteiger partial charge in [0.05, 0.1) is 6.54 Å². The molecular weight excluding hydrogens is 268 g/mol. The topological polar surface area (TPSA) is 64.8 Å². The van der Waals surface area contributed by atoms with Crippen LogP contribution in [0.4, 0.5) is 0 Å². The van der Waals surface area contributed by atoms with Gasteiger partial charge in [0.1, 0.15) is 6.61 Å². The number of carbonyl (C=O) groups is 1. The molecule has 1 aliphatic heterocycles. The Labute approximate surface area is 126 Å². The van der Waals surface area contributed by atoms with Crippen LogP contribution in [-0.4, -0.2) is 43.2 Å². The van der Waals surface area contributed by atoms with Crippen molar-refractivity contribution in [3.8, 4) is 11.5 Å². The molecule has 1 aliphatic rings. The molecule has 5 heteroatoms. The van der Waals surface area contributed by atoms with Crippen LogP contribution in [0.2, 0.25) is 0 Å². The Bertz CT molecular complexity index is 465. The lowest BCUT2D eigenvalue weighted by Gasteiger charge is -2.31. The lowest BCUT2D eigenvalue weighted by molar-refractivity contribution is -0.132. The molecule has 0 fully saturated rings. The first kappa shape index (κ1) is 15.6. The van der Waals surface area contributed by atoms with Crippen molar-refractivity contribution in [3.63, 3.8) is 0 Å². The van der Waals surface area contributed by atoms with E-state index in [1.165, 1.54) is 0 Å². The van der Waals surface area contributed by atoms with Crippen molar-refractivity contribution in [3.05, 3.63) is 24.3 Å². The molecule has 1 aromatic rings. The molecule has 0 saturated heterocycles. The summed E-state index contributed by atoms with van der Waals surface area (Å²) in [6.45, 7) is 4.39. The van der Waals surface area contributed by atoms with Crippen molar-refractivity contribution in [2.75, 3.05) is 26.2 Å². The van der Waals surface area contributed by atoms with Crippen LogP contribution in [0.5, 0.6) is 11.5 Å². The molecular formula is C16H24N2O3. The number of nitrogens with zero attached hydrogens (tertiary/aromatic N) is 1. The van der Waals surface area contributed by atoms with E-state index in [0.717, 1.165) is 30.9 Å². The van der Waals surface area contributed by atoms with E-state index < -0.39 is 0 Å². The Balaban J connectivity index is 1.93. The summed E-state index contributed by atoms with van der Waals surface area (Å²) in [5.74, 6) is 1.66. The Hall–Kier alpha value is -1.75. The van der Waals surface area contributed by atoms with E-state index in [-0.39, 0.29) is 12.0 Å². The molecule has 0 bridgehead atoms. The maximum Gasteiger partial charge on any atom is 0.222 e. The van der Waals surface area contributed by atoms with Gasteiger partial charge in [-0.25, -0.2) is 0 Å². The zero-order chi connectivity index (χ0) is 15.1. The third-order valence-corrected chi connectivity index (χ3v) is 3.43. The van der Waals surface area contributed by atoms with Crippen LogP contribution in [0.25, 0.3) is 0 Å². The Morgan fingerprint density at radius 2 is 2.14 bits per heavy atom. The van der Waals surface area contributed by atoms with Gasteiger partial charge in [-0.2, -0.15) is 0 Å². The summed E-state index contributed by atoms with van der Waals surface area (Å²) in [6, 6.07) is 7.62. The average Bonchev–Trinajstić information content (AvgIpc) is 2.52. The van der Waals surface area contributed by atoms with E-state index in [1.54, 1.807) is 0 Å². The van der Waals surface area contributed by atoms with E-state index >= 15 is 0 Å². The quantitative estimate of drug-likeness (QED) is 0.832. The van der Waals surface area contributed by atoms with Crippen LogP contribution in [0.15, 0.2) is 24.3 Å². The zero-order valence-electron chi connectivity index (χ0n) is 12.6. The number of hydrogen-bond acceptors (Lipinski definition) is 4. The van der Waals surface area contributed by atoms with Crippen molar-refractivity contribution in [1.29, 1.82) is 0 Å². The van der Waals surface area contributed by atoms with Gasteiger partial charge in [-0.15, -0.1) is 0 Å². The van der Waals surface area contributed by atoms with Crippen molar-refractivity contribution in [1.82, 2.24) is 4.90 Å². The number of fused-ring (bicyclic) bond motifs is 1. The molecule has 0 radical (unpaired) electrons. The Kier molecular flexibility index (Phi) is 5.87. The third kappa shape index (κ3) is 4.36. The Morgan fingerprint density at radius 3 is 2.86 bits per heavy atom. The van der Waals surface area contributed by atoms with E-state index in [2.05, 4.69) is 6.92 Å². The molecule has 21 heavy (non-hydrogen) atoms. The summed E-state index contributed by atoms with van der Waals surface area (Å²) in [7, 11) is 0. The first-order valence-electron chi connectivity index (χ1n) is 7.61. The first-order chi connectivity index (χ1) is 10.2. The maximum atomic E-state index is 12.2. The number of rotatable bonds is 7. The third-order valence-electron chi connectivity index (χ3n) is 3.43. The zero-order valence-corrected chi connectivity index (χ0v) is 12.6. The molecule has 5 nitrogen and oxygen atoms in total. The van der Waals surface area contributed by atoms with Crippen molar-refractivity contribution >= 4 is 5.91 Å². The van der Waals surface area contributed by atoms with Gasteiger partial charge in [0.15, 0.2) is 17.6 Å². The van der Waals surface area contributed by atoms with Gasteiger partial charge in [0.2, 0.25) is 5.91 Å². The fourth-order valence-electron chi connectivity index (χ4n) is 2.40. The monoisotopic (exact) mass is 292 g/mol. The first-order valence-corrected chi connectivity index (χ1v) is 7.61. The normalized spacial score (nSPS) is 16.6. The number of benzene rings is 1. The number of para-hydroxylation sites is 2. The van der Waals surface area contributed by atoms with E-state index in [4.69, 9.17) is 15.2 Å². The summed E-state index contributed by atoms with van der Waals surface area (Å²) in [4.78, 5) is 14.0. The molecule has 1 amide bonds. The van der Waals surface area contributed by atoms with Gasteiger partial charge in [0, 0.05) is 13.0 Å². The van der Waals surface area contributed by atoms with Crippen LogP contribution in [0, 0.1) is 0 Å². The highest BCUT2D eigenvalue weighted by Gasteiger charge is 2.24. The number of carbonyl (C=O) groups excluding carboxylic acids is 1. The number of hydrogen-bond donors (Lipinski definition) is 1. The van der Waals surface area contributed by atoms with Gasteiger partial charge in [-0.3, -0.25) is 4.79 Å². The minimum absolute atomic E-state index is 0.117. The highest BCUT2D eigenvalue weighted by molar-refractivity contribution is 5.76. The lowest BCUT2D eigenvalue weighted by atomic mass is 10.2. The van der Waals surface area contributed by atoms with Crippen LogP contribution in [-0.2, 0) is 4.79 Å². The largest absolute Gasteiger partial charge is 0.486 e. The molecule has 0 spiro atoms. The average molecular weight is 292 g/mol. The number of amides is 1. The summed E-state index contributed by atoms with van der Waals surface area (Å²) >= 11 is 0. The minimum atomic E-state index is -0.117. The van der Waals surface area contributed by atoms with E-state index in [0.29, 0.717) is 26.1 Å². The molecule has 0 aromatic heterocycles. The summed E-state index contributed by atoms with van der Waals surface area (Å²) in [5, 5.41) is 0. The molecule has 0 saturated carbocycles. The van der Waals surface area contributed by atoms with Crippen LogP contribution in [0.1, 0.15) is 26.2 Å². The molecule has 116 valence electrons. The summed E-state index contributed by atoms with van der Waals surface area (Å²) < 4.78 is 11.6. The second kappa shape index (κ2) is 7.88. The fourth-order valence-corrected chi connectivity index (χ4v) is 2.40. The fraction of sp³-hybridized carbons (Fsp3) is 0.562. The van der Waals surface area contributed by atoms with Crippen molar-refractivity contribution in [2.24, 2.45) is 5.73 Å². The van der Waals surface area contributed by atoms with Gasteiger partial charge in [0.25, 0.3) is 0 Å². The van der Waals surface area contributed by atoms with Crippen LogP contribution >= 0.6 is 0 Å². The van der Waals surface area contributed by atoms with Crippen molar-refractivity contribution < 1.29 is 14.3 Å². The number of nitrogens with two attached hydrogens (primary N) is 1. The van der Waals surface area contributed by atoms with Crippen molar-refractivity contribution in [2.45, 2.75) is 32.3 Å². The molecule has 1 aromatic carbocycles. The summed E-state index contributed by atoms with van der Waals surface area (Å²) in [5.41, 5.74) is 5.47. The molecule has 0 aliphatic carbocycles. The molecule has 1 heterocycles. The van der Waals surface area contributed by atoms with E-state index in [1.807, 2.05) is 29.2 Å². The van der Waals surface area contributed by atoms with Gasteiger partial charge < -0.3 is 20.1 Å². The molecule has 1 unspecified atom stereocenters. The van der Waals surface area contributed by atoms with Crippen LogP contribution < -0.4 is 15.2 Å². The second-order valence-electron chi connectivity index (χ2n) is 5.23.